The summed E-state index contributed by atoms with van der Waals surface area (Å²) in [6.07, 6.45) is 9.92. The molecule has 2 nitrogen and oxygen atoms in total. The molecule has 1 N–H and O–H groups in total. The molecule has 1 aliphatic rings. The lowest BCUT2D eigenvalue weighted by molar-refractivity contribution is 0.0802. The molecule has 1 heterocycles. The van der Waals surface area contributed by atoms with E-state index in [-0.39, 0.29) is 12.1 Å². The summed E-state index contributed by atoms with van der Waals surface area (Å²) in [5, 5.41) is 9.77. The van der Waals surface area contributed by atoms with Crippen molar-refractivity contribution in [3.05, 3.63) is 24.4 Å². The monoisotopic (exact) mass is 181 g/mol. The molecule has 0 radical (unpaired) electrons. The van der Waals surface area contributed by atoms with Gasteiger partial charge in [0.15, 0.2) is 0 Å². The fraction of sp³-hybridized carbons (Fsp3) is 0.636. The van der Waals surface area contributed by atoms with E-state index in [0.717, 1.165) is 19.4 Å². The fourth-order valence-electron chi connectivity index (χ4n) is 1.54. The lowest BCUT2D eigenvalue weighted by Crippen LogP contribution is -2.38. The van der Waals surface area contributed by atoms with E-state index in [1.54, 1.807) is 0 Å². The molecule has 2 atom stereocenters. The molecule has 0 bridgehead atoms. The van der Waals surface area contributed by atoms with Crippen LogP contribution in [0.5, 0.6) is 0 Å². The molecule has 1 aliphatic heterocycles. The Morgan fingerprint density at radius 1 is 1.46 bits per heavy atom. The molecule has 0 saturated carbocycles. The smallest absolute Gasteiger partial charge is 0.0740 e. The van der Waals surface area contributed by atoms with Crippen LogP contribution in [0.25, 0.3) is 0 Å². The van der Waals surface area contributed by atoms with E-state index in [1.165, 1.54) is 0 Å². The number of hydrogen-bond donors (Lipinski definition) is 1. The number of hydrogen-bond acceptors (Lipinski definition) is 2. The minimum atomic E-state index is -0.207. The van der Waals surface area contributed by atoms with E-state index in [2.05, 4.69) is 24.8 Å². The van der Waals surface area contributed by atoms with Crippen LogP contribution >= 0.6 is 0 Å². The molecule has 0 aromatic heterocycles. The van der Waals surface area contributed by atoms with Gasteiger partial charge in [-0.15, -0.1) is 0 Å². The molecule has 0 aromatic rings. The summed E-state index contributed by atoms with van der Waals surface area (Å²) in [5.74, 6) is 0. The summed E-state index contributed by atoms with van der Waals surface area (Å²) in [4.78, 5) is 2.17. The Labute approximate surface area is 80.6 Å². The molecule has 1 rings (SSSR count). The molecule has 0 saturated heterocycles. The quantitative estimate of drug-likeness (QED) is 0.716. The highest BCUT2D eigenvalue weighted by molar-refractivity contribution is 5.09. The zero-order valence-corrected chi connectivity index (χ0v) is 8.48. The van der Waals surface area contributed by atoms with E-state index in [0.29, 0.717) is 0 Å². The normalized spacial score (nSPS) is 20.4. The second-order valence-electron chi connectivity index (χ2n) is 3.56. The highest BCUT2D eigenvalue weighted by Gasteiger charge is 2.17. The molecule has 2 unspecified atom stereocenters. The van der Waals surface area contributed by atoms with Crippen LogP contribution in [0.3, 0.4) is 0 Å². The highest BCUT2D eigenvalue weighted by atomic mass is 16.3. The molecule has 0 fully saturated rings. The van der Waals surface area contributed by atoms with E-state index in [9.17, 15) is 5.11 Å². The van der Waals surface area contributed by atoms with Gasteiger partial charge in [-0.1, -0.05) is 25.5 Å². The fourth-order valence-corrected chi connectivity index (χ4v) is 1.54. The van der Waals surface area contributed by atoms with Crippen LogP contribution in [0.4, 0.5) is 0 Å². The van der Waals surface area contributed by atoms with Gasteiger partial charge in [0, 0.05) is 6.54 Å². The van der Waals surface area contributed by atoms with Crippen molar-refractivity contribution in [1.29, 1.82) is 0 Å². The summed E-state index contributed by atoms with van der Waals surface area (Å²) >= 11 is 0. The summed E-state index contributed by atoms with van der Waals surface area (Å²) < 4.78 is 0. The molecular formula is C11H19NO. The molecule has 74 valence electrons. The standard InChI is InChI=1S/C11H19NO/c1-3-7-11(13)10(2)12-8-5-4-6-9-12/h4-6,8,10-11,13H,3,7,9H2,1-2H3. The first-order valence-corrected chi connectivity index (χ1v) is 5.03. The second-order valence-corrected chi connectivity index (χ2v) is 3.56. The highest BCUT2D eigenvalue weighted by Crippen LogP contribution is 2.11. The van der Waals surface area contributed by atoms with Gasteiger partial charge in [0.25, 0.3) is 0 Å². The number of aliphatic hydroxyl groups excluding tert-OH is 1. The maximum atomic E-state index is 9.77. The van der Waals surface area contributed by atoms with Crippen LogP contribution in [0.15, 0.2) is 24.4 Å². The third-order valence-electron chi connectivity index (χ3n) is 2.51. The molecule has 0 aromatic carbocycles. The van der Waals surface area contributed by atoms with Crippen LogP contribution in [-0.2, 0) is 0 Å². The van der Waals surface area contributed by atoms with Crippen molar-refractivity contribution < 1.29 is 5.11 Å². The zero-order chi connectivity index (χ0) is 9.68. The number of allylic oxidation sites excluding steroid dienone is 2. The third kappa shape index (κ3) is 2.88. The van der Waals surface area contributed by atoms with Crippen LogP contribution in [0.2, 0.25) is 0 Å². The predicted octanol–water partition coefficient (Wildman–Crippen LogP) is 1.92. The van der Waals surface area contributed by atoms with E-state index < -0.39 is 0 Å². The van der Waals surface area contributed by atoms with Crippen LogP contribution in [0.1, 0.15) is 26.7 Å². The molecule has 2 heteroatoms. The first-order valence-electron chi connectivity index (χ1n) is 5.03. The second kappa shape index (κ2) is 5.07. The lowest BCUT2D eigenvalue weighted by Gasteiger charge is -2.31. The lowest BCUT2D eigenvalue weighted by atomic mass is 10.1. The molecule has 13 heavy (non-hydrogen) atoms. The maximum absolute atomic E-state index is 9.77. The van der Waals surface area contributed by atoms with Crippen LogP contribution < -0.4 is 0 Å². The number of nitrogens with zero attached hydrogens (tertiary/aromatic N) is 1. The van der Waals surface area contributed by atoms with Gasteiger partial charge in [-0.3, -0.25) is 0 Å². The van der Waals surface area contributed by atoms with Gasteiger partial charge >= 0.3 is 0 Å². The summed E-state index contributed by atoms with van der Waals surface area (Å²) in [7, 11) is 0. The van der Waals surface area contributed by atoms with Gasteiger partial charge in [0.1, 0.15) is 0 Å². The Morgan fingerprint density at radius 3 is 2.77 bits per heavy atom. The van der Waals surface area contributed by atoms with Crippen molar-refractivity contribution in [2.45, 2.75) is 38.8 Å². The first-order chi connectivity index (χ1) is 6.25. The van der Waals surface area contributed by atoms with Crippen molar-refractivity contribution in [3.63, 3.8) is 0 Å². The largest absolute Gasteiger partial charge is 0.391 e. The first kappa shape index (κ1) is 10.3. The van der Waals surface area contributed by atoms with Crippen LogP contribution in [0, 0.1) is 0 Å². The zero-order valence-electron chi connectivity index (χ0n) is 8.48. The average molecular weight is 181 g/mol. The van der Waals surface area contributed by atoms with Crippen molar-refractivity contribution in [2.75, 3.05) is 6.54 Å². The Kier molecular flexibility index (Phi) is 4.03. The Bertz CT molecular complexity index is 198. The summed E-state index contributed by atoms with van der Waals surface area (Å²) in [6.45, 7) is 5.09. The van der Waals surface area contributed by atoms with E-state index >= 15 is 0 Å². The summed E-state index contributed by atoms with van der Waals surface area (Å²) in [5.41, 5.74) is 0. The van der Waals surface area contributed by atoms with Crippen molar-refractivity contribution in [1.82, 2.24) is 4.90 Å². The molecule has 0 aliphatic carbocycles. The Hall–Kier alpha value is -0.760. The van der Waals surface area contributed by atoms with Gasteiger partial charge in [-0.25, -0.2) is 0 Å². The summed E-state index contributed by atoms with van der Waals surface area (Å²) in [6, 6.07) is 0.223. The third-order valence-corrected chi connectivity index (χ3v) is 2.51. The van der Waals surface area contributed by atoms with Crippen molar-refractivity contribution >= 4 is 0 Å². The minimum Gasteiger partial charge on any atom is -0.391 e. The van der Waals surface area contributed by atoms with E-state index in [1.807, 2.05) is 18.4 Å². The average Bonchev–Trinajstić information content (AvgIpc) is 2.18. The number of aliphatic hydroxyl groups is 1. The maximum Gasteiger partial charge on any atom is 0.0740 e. The topological polar surface area (TPSA) is 23.5 Å². The SMILES string of the molecule is CCCC(O)C(C)N1C=CC=CC1. The minimum absolute atomic E-state index is 0.207. The molecule has 0 spiro atoms. The van der Waals surface area contributed by atoms with Gasteiger partial charge in [-0.2, -0.15) is 0 Å². The van der Waals surface area contributed by atoms with Crippen molar-refractivity contribution in [3.8, 4) is 0 Å². The van der Waals surface area contributed by atoms with Gasteiger partial charge in [0.2, 0.25) is 0 Å². The number of rotatable bonds is 4. The van der Waals surface area contributed by atoms with Gasteiger partial charge in [-0.05, 0) is 25.6 Å². The Balaban J connectivity index is 2.42. The van der Waals surface area contributed by atoms with Crippen molar-refractivity contribution in [2.24, 2.45) is 0 Å². The molecular weight excluding hydrogens is 162 g/mol. The van der Waals surface area contributed by atoms with E-state index in [4.69, 9.17) is 0 Å². The predicted molar refractivity (Wildman–Crippen MR) is 55.4 cm³/mol. The molecule has 0 amide bonds. The Morgan fingerprint density at radius 2 is 2.23 bits per heavy atom. The van der Waals surface area contributed by atoms with Gasteiger partial charge < -0.3 is 10.0 Å². The van der Waals surface area contributed by atoms with Gasteiger partial charge in [0.05, 0.1) is 12.1 Å². The van der Waals surface area contributed by atoms with Crippen LogP contribution in [-0.4, -0.2) is 28.7 Å².